The summed E-state index contributed by atoms with van der Waals surface area (Å²) in [6.45, 7) is 1.98. The van der Waals surface area contributed by atoms with Crippen molar-refractivity contribution in [1.82, 2.24) is 0 Å². The smallest absolute Gasteiger partial charge is 0.126 e. The topological polar surface area (TPSA) is 38.7 Å². The minimum Gasteiger partial charge on any atom is -0.496 e. The van der Waals surface area contributed by atoms with Gasteiger partial charge in [-0.2, -0.15) is 0 Å². The fraction of sp³-hybridized carbons (Fsp3) is 0.333. The summed E-state index contributed by atoms with van der Waals surface area (Å²) >= 11 is 0. The van der Waals surface area contributed by atoms with E-state index in [2.05, 4.69) is 36.4 Å². The van der Waals surface area contributed by atoms with Crippen molar-refractivity contribution in [1.29, 1.82) is 0 Å². The normalized spacial score (nSPS) is 11.4. The SMILES string of the molecule is COc1cc(CCc2ccccc2)cc(OC)c1C/C=C(\C)CO. The van der Waals surface area contributed by atoms with Gasteiger partial charge in [-0.1, -0.05) is 42.0 Å². The van der Waals surface area contributed by atoms with Crippen LogP contribution in [0.25, 0.3) is 0 Å². The van der Waals surface area contributed by atoms with Crippen LogP contribution in [-0.2, 0) is 19.3 Å². The van der Waals surface area contributed by atoms with E-state index in [9.17, 15) is 0 Å². The van der Waals surface area contributed by atoms with Gasteiger partial charge >= 0.3 is 0 Å². The van der Waals surface area contributed by atoms with E-state index in [1.54, 1.807) is 14.2 Å². The molecule has 2 rings (SSSR count). The molecule has 2 aromatic rings. The molecule has 0 unspecified atom stereocenters. The standard InChI is InChI=1S/C21H26O3/c1-16(15-22)9-12-19-20(23-2)13-18(14-21(19)24-3)11-10-17-7-5-4-6-8-17/h4-9,13-14,22H,10-12,15H2,1-3H3/b16-9+. The second-order valence-corrected chi connectivity index (χ2v) is 5.88. The molecule has 0 heterocycles. The first-order chi connectivity index (χ1) is 11.7. The van der Waals surface area contributed by atoms with E-state index in [0.29, 0.717) is 6.42 Å². The van der Waals surface area contributed by atoms with Crippen LogP contribution in [0.1, 0.15) is 23.6 Å². The lowest BCUT2D eigenvalue weighted by Crippen LogP contribution is -2.00. The van der Waals surface area contributed by atoms with Gasteiger partial charge in [0.2, 0.25) is 0 Å². The highest BCUT2D eigenvalue weighted by molar-refractivity contribution is 5.49. The second kappa shape index (κ2) is 9.14. The predicted molar refractivity (Wildman–Crippen MR) is 97.9 cm³/mol. The Kier molecular flexibility index (Phi) is 6.89. The number of aryl methyl sites for hydroxylation is 2. The summed E-state index contributed by atoms with van der Waals surface area (Å²) in [5.41, 5.74) is 4.46. The van der Waals surface area contributed by atoms with Crippen molar-refractivity contribution in [2.24, 2.45) is 0 Å². The molecule has 0 bridgehead atoms. The quantitative estimate of drug-likeness (QED) is 0.746. The van der Waals surface area contributed by atoms with Crippen molar-refractivity contribution in [2.45, 2.75) is 26.2 Å². The first-order valence-corrected chi connectivity index (χ1v) is 8.22. The monoisotopic (exact) mass is 326 g/mol. The molecule has 0 aliphatic rings. The Bertz CT molecular complexity index is 650. The maximum atomic E-state index is 9.16. The van der Waals surface area contributed by atoms with Crippen LogP contribution >= 0.6 is 0 Å². The van der Waals surface area contributed by atoms with Crippen LogP contribution in [0.5, 0.6) is 11.5 Å². The minimum atomic E-state index is 0.0692. The van der Waals surface area contributed by atoms with Crippen LogP contribution in [0.4, 0.5) is 0 Å². The average Bonchev–Trinajstić information content (AvgIpc) is 2.64. The molecule has 0 aromatic heterocycles. The zero-order valence-corrected chi connectivity index (χ0v) is 14.7. The van der Waals surface area contributed by atoms with E-state index in [1.165, 1.54) is 11.1 Å². The van der Waals surface area contributed by atoms with Crippen molar-refractivity contribution in [2.75, 3.05) is 20.8 Å². The lowest BCUT2D eigenvalue weighted by molar-refractivity contribution is 0.331. The third kappa shape index (κ3) is 4.87. The van der Waals surface area contributed by atoms with Crippen molar-refractivity contribution < 1.29 is 14.6 Å². The fourth-order valence-electron chi connectivity index (χ4n) is 2.66. The molecule has 3 nitrogen and oxygen atoms in total. The van der Waals surface area contributed by atoms with E-state index in [-0.39, 0.29) is 6.61 Å². The molecule has 0 atom stereocenters. The van der Waals surface area contributed by atoms with E-state index >= 15 is 0 Å². The Balaban J connectivity index is 2.22. The van der Waals surface area contributed by atoms with Crippen LogP contribution in [0, 0.1) is 0 Å². The summed E-state index contributed by atoms with van der Waals surface area (Å²) in [6.07, 6.45) is 4.60. The van der Waals surface area contributed by atoms with E-state index in [4.69, 9.17) is 14.6 Å². The van der Waals surface area contributed by atoms with Gasteiger partial charge in [0.05, 0.1) is 20.8 Å². The first-order valence-electron chi connectivity index (χ1n) is 8.22. The van der Waals surface area contributed by atoms with Crippen molar-refractivity contribution in [3.63, 3.8) is 0 Å². The summed E-state index contributed by atoms with van der Waals surface area (Å²) < 4.78 is 11.1. The van der Waals surface area contributed by atoms with Crippen molar-refractivity contribution in [3.8, 4) is 11.5 Å². The molecule has 0 spiro atoms. The number of hydrogen-bond donors (Lipinski definition) is 1. The molecule has 0 saturated heterocycles. The zero-order valence-electron chi connectivity index (χ0n) is 14.7. The molecular weight excluding hydrogens is 300 g/mol. The predicted octanol–water partition coefficient (Wildman–Crippen LogP) is 3.97. The second-order valence-electron chi connectivity index (χ2n) is 5.88. The number of aliphatic hydroxyl groups excluding tert-OH is 1. The summed E-state index contributed by atoms with van der Waals surface area (Å²) in [4.78, 5) is 0. The summed E-state index contributed by atoms with van der Waals surface area (Å²) in [7, 11) is 3.36. The largest absolute Gasteiger partial charge is 0.496 e. The summed E-state index contributed by atoms with van der Waals surface area (Å²) in [5, 5.41) is 9.16. The molecule has 128 valence electrons. The molecule has 0 fully saturated rings. The molecule has 2 aromatic carbocycles. The molecule has 0 aliphatic heterocycles. The Morgan fingerprint density at radius 1 is 0.958 bits per heavy atom. The highest BCUT2D eigenvalue weighted by Crippen LogP contribution is 2.32. The van der Waals surface area contributed by atoms with Crippen LogP contribution < -0.4 is 9.47 Å². The summed E-state index contributed by atoms with van der Waals surface area (Å²) in [5.74, 6) is 1.67. The van der Waals surface area contributed by atoms with Crippen molar-refractivity contribution in [3.05, 3.63) is 70.8 Å². The highest BCUT2D eigenvalue weighted by Gasteiger charge is 2.12. The molecule has 24 heavy (non-hydrogen) atoms. The van der Waals surface area contributed by atoms with Crippen LogP contribution in [-0.4, -0.2) is 25.9 Å². The number of hydrogen-bond acceptors (Lipinski definition) is 3. The third-order valence-corrected chi connectivity index (χ3v) is 4.12. The Hall–Kier alpha value is -2.26. The van der Waals surface area contributed by atoms with Gasteiger partial charge in [0.15, 0.2) is 0 Å². The highest BCUT2D eigenvalue weighted by atomic mass is 16.5. The maximum Gasteiger partial charge on any atom is 0.126 e. The van der Waals surface area contributed by atoms with Gasteiger partial charge in [-0.15, -0.1) is 0 Å². The number of allylic oxidation sites excluding steroid dienone is 1. The number of rotatable bonds is 8. The van der Waals surface area contributed by atoms with Crippen molar-refractivity contribution >= 4 is 0 Å². The van der Waals surface area contributed by atoms with E-state index in [1.807, 2.05) is 19.1 Å². The minimum absolute atomic E-state index is 0.0692. The molecule has 0 aliphatic carbocycles. The van der Waals surface area contributed by atoms with E-state index < -0.39 is 0 Å². The van der Waals surface area contributed by atoms with Crippen LogP contribution in [0.2, 0.25) is 0 Å². The van der Waals surface area contributed by atoms with Gasteiger partial charge in [0.1, 0.15) is 11.5 Å². The molecule has 0 radical (unpaired) electrons. The number of ether oxygens (including phenoxy) is 2. The summed E-state index contributed by atoms with van der Waals surface area (Å²) in [6, 6.07) is 14.6. The zero-order chi connectivity index (χ0) is 17.4. The van der Waals surface area contributed by atoms with Gasteiger partial charge in [-0.3, -0.25) is 0 Å². The van der Waals surface area contributed by atoms with Gasteiger partial charge in [-0.25, -0.2) is 0 Å². The van der Waals surface area contributed by atoms with Gasteiger partial charge < -0.3 is 14.6 Å². The molecule has 3 heteroatoms. The van der Waals surface area contributed by atoms with Gasteiger partial charge in [0, 0.05) is 5.56 Å². The number of methoxy groups -OCH3 is 2. The Labute approximate surface area is 144 Å². The molecule has 0 amide bonds. The molecular formula is C21H26O3. The van der Waals surface area contributed by atoms with E-state index in [0.717, 1.165) is 35.5 Å². The fourth-order valence-corrected chi connectivity index (χ4v) is 2.66. The first kappa shape index (κ1) is 18.1. The Morgan fingerprint density at radius 2 is 1.54 bits per heavy atom. The number of aliphatic hydroxyl groups is 1. The molecule has 1 N–H and O–H groups in total. The van der Waals surface area contributed by atoms with Gasteiger partial charge in [0.25, 0.3) is 0 Å². The lowest BCUT2D eigenvalue weighted by atomic mass is 10.00. The van der Waals surface area contributed by atoms with Gasteiger partial charge in [-0.05, 0) is 49.4 Å². The average molecular weight is 326 g/mol. The maximum absolute atomic E-state index is 9.16. The molecule has 0 saturated carbocycles. The van der Waals surface area contributed by atoms with Crippen LogP contribution in [0.3, 0.4) is 0 Å². The lowest BCUT2D eigenvalue weighted by Gasteiger charge is -2.15. The third-order valence-electron chi connectivity index (χ3n) is 4.12. The number of benzene rings is 2. The van der Waals surface area contributed by atoms with Crippen LogP contribution in [0.15, 0.2) is 54.1 Å². The Morgan fingerprint density at radius 3 is 2.08 bits per heavy atom.